The van der Waals surface area contributed by atoms with Crippen LogP contribution in [-0.2, 0) is 16.1 Å². The number of ketones is 1. The second kappa shape index (κ2) is 10.2. The molecule has 1 unspecified atom stereocenters. The molecule has 1 saturated heterocycles. The Bertz CT molecular complexity index is 1210. The zero-order chi connectivity index (χ0) is 24.1. The van der Waals surface area contributed by atoms with E-state index in [2.05, 4.69) is 11.9 Å². The monoisotopic (exact) mass is 458 g/mol. The number of ether oxygens (including phenoxy) is 1. The lowest BCUT2D eigenvalue weighted by Gasteiger charge is -2.25. The summed E-state index contributed by atoms with van der Waals surface area (Å²) in [6, 6.07) is 15.8. The summed E-state index contributed by atoms with van der Waals surface area (Å²) in [7, 11) is 0. The first-order valence-corrected chi connectivity index (χ1v) is 11.2. The lowest BCUT2D eigenvalue weighted by Crippen LogP contribution is -2.29. The topological polar surface area (TPSA) is 100.0 Å². The molecule has 7 nitrogen and oxygen atoms in total. The van der Waals surface area contributed by atoms with Gasteiger partial charge in [-0.2, -0.15) is 0 Å². The van der Waals surface area contributed by atoms with Crippen molar-refractivity contribution in [1.29, 1.82) is 0 Å². The SMILES string of the molecule is CCCCOc1cccc(/C(O)=C2\C(=O)C(=O)N(Cc3ccncc3)C2c2ccc(O)cc2)c1. The van der Waals surface area contributed by atoms with Crippen molar-refractivity contribution in [2.75, 3.05) is 6.61 Å². The van der Waals surface area contributed by atoms with Gasteiger partial charge in [-0.05, 0) is 53.9 Å². The van der Waals surface area contributed by atoms with Gasteiger partial charge in [0.25, 0.3) is 11.7 Å². The van der Waals surface area contributed by atoms with Gasteiger partial charge in [0.05, 0.1) is 18.2 Å². The number of likely N-dealkylation sites (tertiary alicyclic amines) is 1. The Morgan fingerprint density at radius 1 is 1.06 bits per heavy atom. The Hall–Kier alpha value is -4.13. The number of rotatable bonds is 8. The van der Waals surface area contributed by atoms with Gasteiger partial charge in [0, 0.05) is 24.5 Å². The van der Waals surface area contributed by atoms with Crippen molar-refractivity contribution in [2.45, 2.75) is 32.4 Å². The van der Waals surface area contributed by atoms with Gasteiger partial charge in [0.15, 0.2) is 0 Å². The minimum Gasteiger partial charge on any atom is -0.508 e. The lowest BCUT2D eigenvalue weighted by atomic mass is 9.95. The highest BCUT2D eigenvalue weighted by Crippen LogP contribution is 2.40. The molecule has 0 spiro atoms. The number of Topliss-reactive ketones (excluding diaryl/α,β-unsaturated/α-hetero) is 1. The molecule has 7 heteroatoms. The number of hydrogen-bond donors (Lipinski definition) is 2. The molecular weight excluding hydrogens is 432 g/mol. The van der Waals surface area contributed by atoms with E-state index in [9.17, 15) is 19.8 Å². The summed E-state index contributed by atoms with van der Waals surface area (Å²) in [6.45, 7) is 2.78. The van der Waals surface area contributed by atoms with Crippen LogP contribution in [0.5, 0.6) is 11.5 Å². The van der Waals surface area contributed by atoms with Crippen molar-refractivity contribution in [1.82, 2.24) is 9.88 Å². The van der Waals surface area contributed by atoms with Crippen LogP contribution in [0.25, 0.3) is 5.76 Å². The van der Waals surface area contributed by atoms with Crippen molar-refractivity contribution in [3.05, 3.63) is 95.3 Å². The van der Waals surface area contributed by atoms with E-state index < -0.39 is 17.7 Å². The average molecular weight is 459 g/mol. The first kappa shape index (κ1) is 23.0. The van der Waals surface area contributed by atoms with Gasteiger partial charge in [0.2, 0.25) is 0 Å². The van der Waals surface area contributed by atoms with E-state index in [4.69, 9.17) is 4.74 Å². The van der Waals surface area contributed by atoms with E-state index in [1.807, 2.05) is 0 Å². The van der Waals surface area contributed by atoms with Crippen molar-refractivity contribution in [3.63, 3.8) is 0 Å². The van der Waals surface area contributed by atoms with Crippen molar-refractivity contribution < 1.29 is 24.5 Å². The fourth-order valence-electron chi connectivity index (χ4n) is 3.95. The van der Waals surface area contributed by atoms with Crippen molar-refractivity contribution >= 4 is 17.4 Å². The molecule has 1 aromatic heterocycles. The first-order valence-electron chi connectivity index (χ1n) is 11.2. The summed E-state index contributed by atoms with van der Waals surface area (Å²) >= 11 is 0. The largest absolute Gasteiger partial charge is 0.508 e. The normalized spacial score (nSPS) is 17.2. The van der Waals surface area contributed by atoms with Gasteiger partial charge in [0.1, 0.15) is 17.3 Å². The number of phenolic OH excluding ortho intramolecular Hbond substituents is 1. The third-order valence-corrected chi connectivity index (χ3v) is 5.73. The molecule has 1 amide bonds. The average Bonchev–Trinajstić information content (AvgIpc) is 3.10. The number of phenols is 1. The predicted molar refractivity (Wildman–Crippen MR) is 127 cm³/mol. The molecule has 174 valence electrons. The van der Waals surface area contributed by atoms with E-state index in [-0.39, 0.29) is 23.6 Å². The molecule has 0 saturated carbocycles. The second-order valence-electron chi connectivity index (χ2n) is 8.10. The third kappa shape index (κ3) is 4.78. The number of unbranched alkanes of at least 4 members (excludes halogenated alkanes) is 1. The first-order chi connectivity index (χ1) is 16.5. The lowest BCUT2D eigenvalue weighted by molar-refractivity contribution is -0.140. The van der Waals surface area contributed by atoms with Gasteiger partial charge in [-0.25, -0.2) is 0 Å². The van der Waals surface area contributed by atoms with Crippen molar-refractivity contribution in [2.24, 2.45) is 0 Å². The van der Waals surface area contributed by atoms with Crippen LogP contribution in [0.4, 0.5) is 0 Å². The van der Waals surface area contributed by atoms with Gasteiger partial charge >= 0.3 is 0 Å². The van der Waals surface area contributed by atoms with Gasteiger partial charge < -0.3 is 19.8 Å². The maximum atomic E-state index is 13.2. The van der Waals surface area contributed by atoms with Crippen LogP contribution < -0.4 is 4.74 Å². The number of amides is 1. The smallest absolute Gasteiger partial charge is 0.295 e. The number of aromatic hydroxyl groups is 1. The van der Waals surface area contributed by atoms with Crippen LogP contribution in [0, 0.1) is 0 Å². The molecule has 1 aliphatic rings. The molecule has 2 aromatic carbocycles. The Balaban J connectivity index is 1.78. The maximum Gasteiger partial charge on any atom is 0.295 e. The van der Waals surface area contributed by atoms with E-state index in [1.165, 1.54) is 17.0 Å². The fraction of sp³-hybridized carbons (Fsp3) is 0.222. The Kier molecular flexibility index (Phi) is 6.92. The molecule has 0 aliphatic carbocycles. The molecule has 0 bridgehead atoms. The Labute approximate surface area is 198 Å². The summed E-state index contributed by atoms with van der Waals surface area (Å²) in [4.78, 5) is 31.7. The van der Waals surface area contributed by atoms with E-state index in [0.29, 0.717) is 23.5 Å². The van der Waals surface area contributed by atoms with E-state index >= 15 is 0 Å². The van der Waals surface area contributed by atoms with E-state index in [1.54, 1.807) is 60.9 Å². The number of benzene rings is 2. The second-order valence-corrected chi connectivity index (χ2v) is 8.10. The molecule has 2 N–H and O–H groups in total. The quantitative estimate of drug-likeness (QED) is 0.222. The number of hydrogen-bond acceptors (Lipinski definition) is 6. The minimum atomic E-state index is -0.821. The maximum absolute atomic E-state index is 13.2. The summed E-state index contributed by atoms with van der Waals surface area (Å²) in [5.41, 5.74) is 1.78. The molecule has 4 rings (SSSR count). The number of aromatic nitrogens is 1. The van der Waals surface area contributed by atoms with Crippen LogP contribution in [-0.4, -0.2) is 38.4 Å². The highest BCUT2D eigenvalue weighted by molar-refractivity contribution is 6.46. The van der Waals surface area contributed by atoms with Gasteiger partial charge in [-0.15, -0.1) is 0 Å². The highest BCUT2D eigenvalue weighted by atomic mass is 16.5. The standard InChI is InChI=1S/C27H26N2O5/c1-2-3-15-34-22-6-4-5-20(16-22)25(31)23-24(19-7-9-21(30)10-8-19)29(27(33)26(23)32)17-18-11-13-28-14-12-18/h4-14,16,24,30-31H,2-3,15,17H2,1H3/b25-23+. The molecule has 1 atom stereocenters. The molecule has 1 fully saturated rings. The molecule has 1 aliphatic heterocycles. The zero-order valence-electron chi connectivity index (χ0n) is 18.8. The fourth-order valence-corrected chi connectivity index (χ4v) is 3.95. The zero-order valence-corrected chi connectivity index (χ0v) is 18.8. The highest BCUT2D eigenvalue weighted by Gasteiger charge is 2.46. The number of carbonyl (C=O) groups is 2. The molecule has 34 heavy (non-hydrogen) atoms. The van der Waals surface area contributed by atoms with Gasteiger partial charge in [-0.1, -0.05) is 37.6 Å². The van der Waals surface area contributed by atoms with Crippen molar-refractivity contribution in [3.8, 4) is 11.5 Å². The predicted octanol–water partition coefficient (Wildman–Crippen LogP) is 4.59. The summed E-state index contributed by atoms with van der Waals surface area (Å²) in [5, 5.41) is 21.0. The molecule has 2 heterocycles. The summed E-state index contributed by atoms with van der Waals surface area (Å²) in [6.07, 6.45) is 5.13. The van der Waals surface area contributed by atoms with Crippen LogP contribution in [0.15, 0.2) is 78.6 Å². The summed E-state index contributed by atoms with van der Waals surface area (Å²) < 4.78 is 5.74. The Morgan fingerprint density at radius 3 is 2.50 bits per heavy atom. The van der Waals surface area contributed by atoms with Gasteiger partial charge in [-0.3, -0.25) is 14.6 Å². The van der Waals surface area contributed by atoms with E-state index in [0.717, 1.165) is 18.4 Å². The molecule has 3 aromatic rings. The number of carbonyl (C=O) groups excluding carboxylic acids is 2. The molecular formula is C27H26N2O5. The molecule has 0 radical (unpaired) electrons. The van der Waals surface area contributed by atoms with Crippen LogP contribution in [0.2, 0.25) is 0 Å². The van der Waals surface area contributed by atoms with Crippen LogP contribution in [0.1, 0.15) is 42.5 Å². The number of aliphatic hydroxyl groups excluding tert-OH is 1. The third-order valence-electron chi connectivity index (χ3n) is 5.73. The number of aliphatic hydroxyl groups is 1. The van der Waals surface area contributed by atoms with Crippen LogP contribution >= 0.6 is 0 Å². The minimum absolute atomic E-state index is 0.00421. The Morgan fingerprint density at radius 2 is 1.79 bits per heavy atom. The summed E-state index contributed by atoms with van der Waals surface area (Å²) in [5.74, 6) is -1.10. The van der Waals surface area contributed by atoms with Crippen LogP contribution in [0.3, 0.4) is 0 Å². The number of pyridine rings is 1. The number of nitrogens with zero attached hydrogens (tertiary/aromatic N) is 2.